The predicted molar refractivity (Wildman–Crippen MR) is 103 cm³/mol. The molecule has 4 N–H and O–H groups in total. The van der Waals surface area contributed by atoms with Gasteiger partial charge in [-0.25, -0.2) is 0 Å². The number of anilines is 1. The van der Waals surface area contributed by atoms with Crippen molar-refractivity contribution in [3.05, 3.63) is 22.7 Å². The van der Waals surface area contributed by atoms with Crippen LogP contribution in [-0.2, 0) is 4.79 Å². The molecule has 27 heavy (non-hydrogen) atoms. The fourth-order valence-electron chi connectivity index (χ4n) is 4.30. The number of nitrogens with one attached hydrogen (secondary N) is 1. The number of carbonyl (C=O) groups is 2. The van der Waals surface area contributed by atoms with Gasteiger partial charge in [-0.1, -0.05) is 18.0 Å². The third-order valence-corrected chi connectivity index (χ3v) is 5.75. The minimum absolute atomic E-state index is 0.00338. The molecule has 3 rings (SSSR count). The number of amides is 1. The van der Waals surface area contributed by atoms with E-state index in [-0.39, 0.29) is 30.6 Å². The summed E-state index contributed by atoms with van der Waals surface area (Å²) in [6, 6.07) is 3.51. The number of fused-ring (bicyclic) bond motifs is 2. The Morgan fingerprint density at radius 2 is 2.00 bits per heavy atom. The molecule has 148 valence electrons. The number of carbonyl (C=O) groups excluding carboxylic acids is 1. The molecule has 0 radical (unpaired) electrons. The fourth-order valence-corrected chi connectivity index (χ4v) is 4.46. The van der Waals surface area contributed by atoms with Crippen molar-refractivity contribution in [2.24, 2.45) is 0 Å². The molecule has 1 amide bonds. The largest absolute Gasteiger partial charge is 0.493 e. The number of halogens is 1. The minimum atomic E-state index is -0.799. The first-order valence-corrected chi connectivity index (χ1v) is 9.77. The number of nitrogen functional groups attached to an aromatic ring is 1. The van der Waals surface area contributed by atoms with Crippen LogP contribution in [0.3, 0.4) is 0 Å². The van der Waals surface area contributed by atoms with Crippen LogP contribution < -0.4 is 15.8 Å². The lowest BCUT2D eigenvalue weighted by molar-refractivity contribution is -0.141. The van der Waals surface area contributed by atoms with E-state index in [4.69, 9.17) is 27.2 Å². The van der Waals surface area contributed by atoms with Gasteiger partial charge < -0.3 is 20.9 Å². The van der Waals surface area contributed by atoms with Gasteiger partial charge in [-0.2, -0.15) is 0 Å². The second kappa shape index (κ2) is 8.35. The van der Waals surface area contributed by atoms with Crippen LogP contribution in [0.2, 0.25) is 5.02 Å². The predicted octanol–water partition coefficient (Wildman–Crippen LogP) is 2.52. The van der Waals surface area contributed by atoms with E-state index >= 15 is 0 Å². The van der Waals surface area contributed by atoms with Gasteiger partial charge in [-0.05, 0) is 38.7 Å². The highest BCUT2D eigenvalue weighted by Gasteiger charge is 2.39. The lowest BCUT2D eigenvalue weighted by atomic mass is 9.81. The van der Waals surface area contributed by atoms with Crippen molar-refractivity contribution in [2.45, 2.75) is 57.2 Å². The summed E-state index contributed by atoms with van der Waals surface area (Å²) >= 11 is 6.10. The topological polar surface area (TPSA) is 105 Å². The van der Waals surface area contributed by atoms with Gasteiger partial charge >= 0.3 is 5.97 Å². The molecule has 2 aliphatic rings. The highest BCUT2D eigenvalue weighted by Crippen LogP contribution is 2.34. The van der Waals surface area contributed by atoms with E-state index in [1.54, 1.807) is 6.07 Å². The maximum atomic E-state index is 12.9. The lowest BCUT2D eigenvalue weighted by Crippen LogP contribution is -2.58. The molecular weight excluding hydrogens is 370 g/mol. The van der Waals surface area contributed by atoms with E-state index in [9.17, 15) is 9.59 Å². The van der Waals surface area contributed by atoms with Gasteiger partial charge in [0.05, 0.1) is 29.4 Å². The number of carboxylic acids is 1. The van der Waals surface area contributed by atoms with E-state index < -0.39 is 5.97 Å². The van der Waals surface area contributed by atoms with Gasteiger partial charge in [-0.3, -0.25) is 14.5 Å². The average molecular weight is 396 g/mol. The minimum Gasteiger partial charge on any atom is -0.493 e. The number of nitrogens with zero attached hydrogens (tertiary/aromatic N) is 1. The Kier molecular flexibility index (Phi) is 6.11. The summed E-state index contributed by atoms with van der Waals surface area (Å²) in [6.45, 7) is 2.32. The van der Waals surface area contributed by atoms with Crippen LogP contribution in [0.4, 0.5) is 5.69 Å². The molecule has 1 aromatic carbocycles. The van der Waals surface area contributed by atoms with Crippen molar-refractivity contribution in [3.8, 4) is 5.75 Å². The third kappa shape index (κ3) is 4.47. The van der Waals surface area contributed by atoms with Gasteiger partial charge in [0.2, 0.25) is 0 Å². The standard InChI is InChI=1S/C19H26ClN3O4/c1-2-27-17-9-16(21)15(20)8-14(17)19(26)22-11-6-12-4-3-5-13(7-11)23(12)10-18(24)25/h8-9,11-13H,2-7,10,21H2,1H3,(H,22,26)(H,24,25). The molecule has 8 heteroatoms. The summed E-state index contributed by atoms with van der Waals surface area (Å²) < 4.78 is 5.55. The first-order chi connectivity index (χ1) is 12.9. The van der Waals surface area contributed by atoms with Crippen LogP contribution in [0.5, 0.6) is 5.75 Å². The molecule has 2 aliphatic heterocycles. The third-order valence-electron chi connectivity index (χ3n) is 5.42. The van der Waals surface area contributed by atoms with Crippen LogP contribution in [0.1, 0.15) is 49.4 Å². The number of nitrogens with two attached hydrogens (primary N) is 1. The van der Waals surface area contributed by atoms with Crippen LogP contribution >= 0.6 is 11.6 Å². The van der Waals surface area contributed by atoms with E-state index in [0.717, 1.165) is 32.1 Å². The molecule has 7 nitrogen and oxygen atoms in total. The first-order valence-electron chi connectivity index (χ1n) is 9.39. The van der Waals surface area contributed by atoms with Crippen LogP contribution in [-0.4, -0.2) is 53.2 Å². The van der Waals surface area contributed by atoms with Crippen LogP contribution in [0.25, 0.3) is 0 Å². The molecule has 2 atom stereocenters. The summed E-state index contributed by atoms with van der Waals surface area (Å²) in [5, 5.41) is 12.6. The Labute approximate surface area is 163 Å². The Balaban J connectivity index is 1.72. The van der Waals surface area contributed by atoms with E-state index in [1.165, 1.54) is 6.07 Å². The normalized spacial score (nSPS) is 25.0. The molecule has 0 spiro atoms. The van der Waals surface area contributed by atoms with Gasteiger partial charge in [0.1, 0.15) is 5.75 Å². The zero-order valence-electron chi connectivity index (χ0n) is 15.4. The second-order valence-electron chi connectivity index (χ2n) is 7.25. The summed E-state index contributed by atoms with van der Waals surface area (Å²) in [7, 11) is 0. The molecule has 0 aromatic heterocycles. The number of carboxylic acid groups (broad SMARTS) is 1. The maximum absolute atomic E-state index is 12.9. The van der Waals surface area contributed by atoms with Crippen molar-refractivity contribution in [2.75, 3.05) is 18.9 Å². The van der Waals surface area contributed by atoms with Gasteiger partial charge in [0.15, 0.2) is 0 Å². The number of piperidine rings is 2. The Bertz CT molecular complexity index is 713. The maximum Gasteiger partial charge on any atom is 0.317 e. The highest BCUT2D eigenvalue weighted by atomic mass is 35.5. The summed E-state index contributed by atoms with van der Waals surface area (Å²) in [5.41, 5.74) is 6.56. The van der Waals surface area contributed by atoms with Crippen molar-refractivity contribution in [1.29, 1.82) is 0 Å². The fraction of sp³-hybridized carbons (Fsp3) is 0.579. The summed E-state index contributed by atoms with van der Waals surface area (Å²) in [6.07, 6.45) is 4.54. The molecule has 1 aromatic rings. The molecular formula is C19H26ClN3O4. The van der Waals surface area contributed by atoms with Crippen molar-refractivity contribution >= 4 is 29.2 Å². The SMILES string of the molecule is CCOc1cc(N)c(Cl)cc1C(=O)NC1CC2CCCC(C1)N2CC(=O)O. The number of aliphatic carboxylic acids is 1. The summed E-state index contributed by atoms with van der Waals surface area (Å²) in [4.78, 5) is 26.1. The van der Waals surface area contributed by atoms with Crippen molar-refractivity contribution in [1.82, 2.24) is 10.2 Å². The Morgan fingerprint density at radius 1 is 1.33 bits per heavy atom. The van der Waals surface area contributed by atoms with E-state index in [2.05, 4.69) is 10.2 Å². The zero-order chi connectivity index (χ0) is 19.6. The van der Waals surface area contributed by atoms with E-state index in [0.29, 0.717) is 28.6 Å². The summed E-state index contributed by atoms with van der Waals surface area (Å²) in [5.74, 6) is -0.622. The first kappa shape index (κ1) is 19.8. The zero-order valence-corrected chi connectivity index (χ0v) is 16.2. The molecule has 0 aliphatic carbocycles. The Morgan fingerprint density at radius 3 is 2.59 bits per heavy atom. The molecule has 2 saturated heterocycles. The second-order valence-corrected chi connectivity index (χ2v) is 7.66. The molecule has 2 heterocycles. The number of ether oxygens (including phenoxy) is 1. The van der Waals surface area contributed by atoms with Crippen molar-refractivity contribution in [3.63, 3.8) is 0 Å². The number of rotatable bonds is 6. The molecule has 2 fully saturated rings. The van der Waals surface area contributed by atoms with E-state index in [1.807, 2.05) is 6.92 Å². The average Bonchev–Trinajstić information content (AvgIpc) is 2.58. The highest BCUT2D eigenvalue weighted by molar-refractivity contribution is 6.33. The quantitative estimate of drug-likeness (QED) is 0.639. The molecule has 2 bridgehead atoms. The molecule has 2 unspecified atom stereocenters. The number of hydrogen-bond acceptors (Lipinski definition) is 5. The van der Waals surface area contributed by atoms with Crippen molar-refractivity contribution < 1.29 is 19.4 Å². The monoisotopic (exact) mass is 395 g/mol. The number of benzene rings is 1. The lowest BCUT2D eigenvalue weighted by Gasteiger charge is -2.48. The van der Waals surface area contributed by atoms with Gasteiger partial charge in [0, 0.05) is 24.2 Å². The Hall–Kier alpha value is -1.99. The van der Waals surface area contributed by atoms with Crippen LogP contribution in [0.15, 0.2) is 12.1 Å². The smallest absolute Gasteiger partial charge is 0.317 e. The number of hydrogen-bond donors (Lipinski definition) is 3. The van der Waals surface area contributed by atoms with Crippen LogP contribution in [0, 0.1) is 0 Å². The van der Waals surface area contributed by atoms with Gasteiger partial charge in [-0.15, -0.1) is 0 Å². The van der Waals surface area contributed by atoms with Gasteiger partial charge in [0.25, 0.3) is 5.91 Å². The molecule has 0 saturated carbocycles.